The number of aromatic nitrogens is 1. The summed E-state index contributed by atoms with van der Waals surface area (Å²) in [6.45, 7) is 9.22. The van der Waals surface area contributed by atoms with E-state index in [1.54, 1.807) is 0 Å². The Kier molecular flexibility index (Phi) is 5.66. The van der Waals surface area contributed by atoms with E-state index < -0.39 is 5.60 Å². The van der Waals surface area contributed by atoms with E-state index in [0.29, 0.717) is 0 Å². The van der Waals surface area contributed by atoms with Gasteiger partial charge in [-0.3, -0.25) is 0 Å². The van der Waals surface area contributed by atoms with Gasteiger partial charge in [0.15, 0.2) is 0 Å². The maximum Gasteiger partial charge on any atom is 0.407 e. The molecule has 3 N–H and O–H groups in total. The lowest BCUT2D eigenvalue weighted by atomic mass is 10.1. The highest BCUT2D eigenvalue weighted by Crippen LogP contribution is 2.14. The van der Waals surface area contributed by atoms with Gasteiger partial charge in [-0.1, -0.05) is 6.07 Å². The summed E-state index contributed by atoms with van der Waals surface area (Å²) in [4.78, 5) is 14.9. The van der Waals surface area contributed by atoms with Crippen LogP contribution >= 0.6 is 0 Å². The van der Waals surface area contributed by atoms with Crippen LogP contribution in [-0.2, 0) is 11.3 Å². The van der Waals surface area contributed by atoms with Gasteiger partial charge in [0.05, 0.1) is 0 Å². The van der Waals surface area contributed by atoms with E-state index >= 15 is 0 Å². The molecule has 0 aliphatic rings. The van der Waals surface area contributed by atoms with Crippen molar-refractivity contribution in [1.82, 2.24) is 15.6 Å². The van der Waals surface area contributed by atoms with E-state index in [9.17, 15) is 4.79 Å². The fourth-order valence-corrected chi connectivity index (χ4v) is 2.34. The third-order valence-corrected chi connectivity index (χ3v) is 3.46. The number of ether oxygens (including phenoxy) is 1. The van der Waals surface area contributed by atoms with Gasteiger partial charge in [-0.2, -0.15) is 0 Å². The Balaban J connectivity index is 1.67. The van der Waals surface area contributed by atoms with E-state index in [0.717, 1.165) is 25.0 Å². The van der Waals surface area contributed by atoms with Crippen molar-refractivity contribution in [3.63, 3.8) is 0 Å². The number of hydrogen-bond donors (Lipinski definition) is 3. The zero-order valence-electron chi connectivity index (χ0n) is 14.4. The van der Waals surface area contributed by atoms with Crippen molar-refractivity contribution in [2.75, 3.05) is 6.54 Å². The van der Waals surface area contributed by atoms with Gasteiger partial charge in [0.25, 0.3) is 0 Å². The number of amides is 1. The normalized spacial score (nSPS) is 13.0. The Labute approximate surface area is 137 Å². The molecule has 1 aromatic carbocycles. The van der Waals surface area contributed by atoms with E-state index in [1.165, 1.54) is 10.9 Å². The second kappa shape index (κ2) is 7.51. The maximum atomic E-state index is 11.7. The molecule has 1 atom stereocenters. The summed E-state index contributed by atoms with van der Waals surface area (Å²) in [7, 11) is 0. The molecule has 0 radical (unpaired) electrons. The van der Waals surface area contributed by atoms with E-state index in [1.807, 2.05) is 33.9 Å². The van der Waals surface area contributed by atoms with E-state index in [-0.39, 0.29) is 12.1 Å². The van der Waals surface area contributed by atoms with Crippen LogP contribution in [0.2, 0.25) is 0 Å². The highest BCUT2D eigenvalue weighted by atomic mass is 16.6. The van der Waals surface area contributed by atoms with Crippen LogP contribution < -0.4 is 10.6 Å². The van der Waals surface area contributed by atoms with Crippen molar-refractivity contribution < 1.29 is 9.53 Å². The molecule has 0 spiro atoms. The van der Waals surface area contributed by atoms with Crippen molar-refractivity contribution in [2.24, 2.45) is 0 Å². The average Bonchev–Trinajstić information content (AvgIpc) is 2.88. The van der Waals surface area contributed by atoms with E-state index in [4.69, 9.17) is 4.74 Å². The zero-order valence-corrected chi connectivity index (χ0v) is 14.4. The van der Waals surface area contributed by atoms with Crippen molar-refractivity contribution in [1.29, 1.82) is 0 Å². The predicted molar refractivity (Wildman–Crippen MR) is 93.5 cm³/mol. The van der Waals surface area contributed by atoms with Crippen LogP contribution in [0.3, 0.4) is 0 Å². The molecule has 0 fully saturated rings. The summed E-state index contributed by atoms with van der Waals surface area (Å²) >= 11 is 0. The second-order valence-corrected chi connectivity index (χ2v) is 6.91. The number of rotatable bonds is 6. The number of carbonyl (C=O) groups is 1. The number of benzene rings is 1. The molecule has 1 unspecified atom stereocenters. The van der Waals surface area contributed by atoms with Crippen molar-refractivity contribution >= 4 is 17.0 Å². The van der Waals surface area contributed by atoms with Crippen molar-refractivity contribution in [2.45, 2.75) is 52.3 Å². The number of H-pyrrole nitrogens is 1. The summed E-state index contributed by atoms with van der Waals surface area (Å²) < 4.78 is 5.24. The molecule has 23 heavy (non-hydrogen) atoms. The molecule has 1 amide bonds. The number of hydrogen-bond acceptors (Lipinski definition) is 3. The molecule has 2 rings (SSSR count). The Morgan fingerprint density at radius 2 is 2.09 bits per heavy atom. The summed E-state index contributed by atoms with van der Waals surface area (Å²) in [5, 5.41) is 7.49. The lowest BCUT2D eigenvalue weighted by Gasteiger charge is -2.22. The first-order valence-electron chi connectivity index (χ1n) is 8.10. The predicted octanol–water partition coefficient (Wildman–Crippen LogP) is 3.56. The Hall–Kier alpha value is -2.01. The summed E-state index contributed by atoms with van der Waals surface area (Å²) in [5.41, 5.74) is 1.95. The third-order valence-electron chi connectivity index (χ3n) is 3.46. The van der Waals surface area contributed by atoms with Gasteiger partial charge < -0.3 is 20.4 Å². The van der Waals surface area contributed by atoms with Crippen LogP contribution in [0.4, 0.5) is 4.79 Å². The minimum atomic E-state index is -0.459. The molecule has 126 valence electrons. The molecule has 0 aliphatic carbocycles. The SMILES string of the molecule is CC(CCNCc1ccc2[nH]ccc2c1)NC(=O)OC(C)(C)C. The average molecular weight is 317 g/mol. The van der Waals surface area contributed by atoms with Gasteiger partial charge in [0.1, 0.15) is 5.60 Å². The first-order chi connectivity index (χ1) is 10.8. The lowest BCUT2D eigenvalue weighted by molar-refractivity contribution is 0.0506. The minimum Gasteiger partial charge on any atom is -0.444 e. The highest BCUT2D eigenvalue weighted by Gasteiger charge is 2.17. The molecular weight excluding hydrogens is 290 g/mol. The molecule has 0 saturated heterocycles. The Morgan fingerprint density at radius 1 is 1.30 bits per heavy atom. The van der Waals surface area contributed by atoms with E-state index in [2.05, 4.69) is 39.9 Å². The molecular formula is C18H27N3O2. The van der Waals surface area contributed by atoms with Crippen LogP contribution in [0.15, 0.2) is 30.5 Å². The van der Waals surface area contributed by atoms with Crippen LogP contribution in [0.5, 0.6) is 0 Å². The maximum absolute atomic E-state index is 11.7. The summed E-state index contributed by atoms with van der Waals surface area (Å²) in [5.74, 6) is 0. The second-order valence-electron chi connectivity index (χ2n) is 6.91. The Morgan fingerprint density at radius 3 is 2.83 bits per heavy atom. The standard InChI is InChI=1S/C18H27N3O2/c1-13(21-17(22)23-18(2,3)4)7-9-19-12-14-5-6-16-15(11-14)8-10-20-16/h5-6,8,10-11,13,19-20H,7,9,12H2,1-4H3,(H,21,22). The fraction of sp³-hybridized carbons (Fsp3) is 0.500. The van der Waals surface area contributed by atoms with Crippen molar-refractivity contribution in [3.8, 4) is 0 Å². The number of alkyl carbamates (subject to hydrolysis) is 1. The van der Waals surface area contributed by atoms with Crippen LogP contribution in [0, 0.1) is 0 Å². The quantitative estimate of drug-likeness (QED) is 0.714. The van der Waals surface area contributed by atoms with Gasteiger partial charge in [-0.05, 0) is 69.8 Å². The largest absolute Gasteiger partial charge is 0.444 e. The minimum absolute atomic E-state index is 0.0736. The molecule has 0 aliphatic heterocycles. The smallest absolute Gasteiger partial charge is 0.407 e. The molecule has 0 bridgehead atoms. The molecule has 2 aromatic rings. The fourth-order valence-electron chi connectivity index (χ4n) is 2.34. The van der Waals surface area contributed by atoms with Gasteiger partial charge >= 0.3 is 6.09 Å². The van der Waals surface area contributed by atoms with Gasteiger partial charge in [0, 0.05) is 24.3 Å². The molecule has 0 saturated carbocycles. The van der Waals surface area contributed by atoms with Crippen LogP contribution in [0.25, 0.3) is 10.9 Å². The molecule has 5 heteroatoms. The topological polar surface area (TPSA) is 66.2 Å². The van der Waals surface area contributed by atoms with Gasteiger partial charge in [-0.15, -0.1) is 0 Å². The molecule has 1 aromatic heterocycles. The Bertz CT molecular complexity index is 643. The van der Waals surface area contributed by atoms with Gasteiger partial charge in [-0.25, -0.2) is 4.79 Å². The lowest BCUT2D eigenvalue weighted by Crippen LogP contribution is -2.38. The van der Waals surface area contributed by atoms with Crippen LogP contribution in [0.1, 0.15) is 39.7 Å². The zero-order chi connectivity index (χ0) is 16.9. The number of nitrogens with one attached hydrogen (secondary N) is 3. The van der Waals surface area contributed by atoms with Crippen molar-refractivity contribution in [3.05, 3.63) is 36.0 Å². The highest BCUT2D eigenvalue weighted by molar-refractivity contribution is 5.79. The molecule has 5 nitrogen and oxygen atoms in total. The number of aromatic amines is 1. The summed E-state index contributed by atoms with van der Waals surface area (Å²) in [6, 6.07) is 8.55. The monoisotopic (exact) mass is 317 g/mol. The first-order valence-corrected chi connectivity index (χ1v) is 8.10. The first kappa shape index (κ1) is 17.3. The summed E-state index contributed by atoms with van der Waals surface area (Å²) in [6.07, 6.45) is 2.44. The number of fused-ring (bicyclic) bond motifs is 1. The van der Waals surface area contributed by atoms with Gasteiger partial charge in [0.2, 0.25) is 0 Å². The number of carbonyl (C=O) groups excluding carboxylic acids is 1. The van der Waals surface area contributed by atoms with Crippen LogP contribution in [-0.4, -0.2) is 29.3 Å². The molecule has 1 heterocycles. The third kappa shape index (κ3) is 5.94.